The molecule has 2 aromatic rings. The largest absolute Gasteiger partial charge is 0.381 e. The number of aryl methyl sites for hydroxylation is 1. The third-order valence-electron chi connectivity index (χ3n) is 4.53. The molecule has 1 saturated heterocycles. The van der Waals surface area contributed by atoms with Crippen LogP contribution in [0, 0.1) is 6.92 Å². The lowest BCUT2D eigenvalue weighted by Gasteiger charge is -2.38. The summed E-state index contributed by atoms with van der Waals surface area (Å²) in [5.74, 6) is 0. The number of thiophene rings is 1. The molecule has 0 unspecified atom stereocenters. The highest BCUT2D eigenvalue weighted by atomic mass is 32.2. The van der Waals surface area contributed by atoms with E-state index in [0.717, 1.165) is 12.8 Å². The third kappa shape index (κ3) is 3.50. The van der Waals surface area contributed by atoms with Crippen molar-refractivity contribution in [1.29, 1.82) is 0 Å². The van der Waals surface area contributed by atoms with E-state index in [1.807, 2.05) is 12.1 Å². The smallest absolute Gasteiger partial charge is 0.250 e. The molecule has 3 rings (SSSR count). The third-order valence-corrected chi connectivity index (χ3v) is 7.33. The molecule has 23 heavy (non-hydrogen) atoms. The van der Waals surface area contributed by atoms with Crippen LogP contribution in [-0.2, 0) is 20.2 Å². The number of hydrogen-bond donors (Lipinski definition) is 1. The summed E-state index contributed by atoms with van der Waals surface area (Å²) in [7, 11) is -3.45. The minimum absolute atomic E-state index is 0.200. The number of benzene rings is 1. The maximum Gasteiger partial charge on any atom is 0.250 e. The number of ether oxygens (including phenoxy) is 1. The van der Waals surface area contributed by atoms with Crippen molar-refractivity contribution in [3.05, 3.63) is 52.9 Å². The Bertz CT molecular complexity index is 748. The number of rotatable bonds is 5. The molecular weight excluding hydrogens is 330 g/mol. The van der Waals surface area contributed by atoms with Crippen molar-refractivity contribution < 1.29 is 13.2 Å². The van der Waals surface area contributed by atoms with E-state index in [1.54, 1.807) is 17.5 Å². The molecule has 0 amide bonds. The average Bonchev–Trinajstić information content (AvgIpc) is 3.10. The van der Waals surface area contributed by atoms with Crippen molar-refractivity contribution in [2.75, 3.05) is 19.8 Å². The first-order valence-corrected chi connectivity index (χ1v) is 10.1. The Balaban J connectivity index is 1.88. The van der Waals surface area contributed by atoms with Crippen LogP contribution in [0.2, 0.25) is 0 Å². The predicted octanol–water partition coefficient (Wildman–Crippen LogP) is 3.08. The van der Waals surface area contributed by atoms with Crippen LogP contribution < -0.4 is 4.72 Å². The molecule has 0 spiro atoms. The van der Waals surface area contributed by atoms with Crippen molar-refractivity contribution >= 4 is 21.4 Å². The molecule has 1 aromatic heterocycles. The van der Waals surface area contributed by atoms with Gasteiger partial charge < -0.3 is 4.74 Å². The van der Waals surface area contributed by atoms with Crippen LogP contribution in [0.15, 0.2) is 46.0 Å². The second-order valence-corrected chi connectivity index (χ2v) is 8.91. The average molecular weight is 351 g/mol. The Morgan fingerprint density at radius 3 is 2.57 bits per heavy atom. The second-order valence-electron chi connectivity index (χ2n) is 5.96. The Hall–Kier alpha value is -1.21. The van der Waals surface area contributed by atoms with E-state index in [1.165, 1.54) is 22.5 Å². The maximum absolute atomic E-state index is 12.5. The fourth-order valence-corrected chi connectivity index (χ4v) is 5.36. The van der Waals surface area contributed by atoms with E-state index >= 15 is 0 Å². The molecule has 1 aliphatic rings. The molecule has 1 fully saturated rings. The lowest BCUT2D eigenvalue weighted by molar-refractivity contribution is 0.0515. The lowest BCUT2D eigenvalue weighted by Crippen LogP contribution is -2.44. The zero-order valence-electron chi connectivity index (χ0n) is 13.1. The van der Waals surface area contributed by atoms with E-state index in [0.29, 0.717) is 24.0 Å². The van der Waals surface area contributed by atoms with Crippen molar-refractivity contribution in [3.8, 4) is 0 Å². The van der Waals surface area contributed by atoms with Crippen LogP contribution in [0.4, 0.5) is 0 Å². The minimum atomic E-state index is -3.45. The Labute approximate surface area is 141 Å². The SMILES string of the molecule is Cc1ccccc1C1(CNS(=O)(=O)c2cccs2)CCOCC1. The Kier molecular flexibility index (Phi) is 4.87. The number of nitrogens with one attached hydrogen (secondary N) is 1. The quantitative estimate of drug-likeness (QED) is 0.901. The van der Waals surface area contributed by atoms with E-state index in [2.05, 4.69) is 23.8 Å². The van der Waals surface area contributed by atoms with E-state index in [9.17, 15) is 8.42 Å². The molecule has 124 valence electrons. The van der Waals surface area contributed by atoms with Gasteiger partial charge in [0.25, 0.3) is 0 Å². The summed E-state index contributed by atoms with van der Waals surface area (Å²) in [6.45, 7) is 3.81. The van der Waals surface area contributed by atoms with Crippen LogP contribution in [0.1, 0.15) is 24.0 Å². The molecule has 1 N–H and O–H groups in total. The highest BCUT2D eigenvalue weighted by molar-refractivity contribution is 7.91. The van der Waals surface area contributed by atoms with E-state index < -0.39 is 10.0 Å². The van der Waals surface area contributed by atoms with Crippen LogP contribution in [-0.4, -0.2) is 28.2 Å². The first-order chi connectivity index (χ1) is 11.0. The molecule has 0 saturated carbocycles. The van der Waals surface area contributed by atoms with Gasteiger partial charge in [0, 0.05) is 25.2 Å². The van der Waals surface area contributed by atoms with Gasteiger partial charge in [-0.05, 0) is 42.3 Å². The van der Waals surface area contributed by atoms with Crippen molar-refractivity contribution in [1.82, 2.24) is 4.72 Å². The normalized spacial score (nSPS) is 18.0. The number of hydrogen-bond acceptors (Lipinski definition) is 4. The Morgan fingerprint density at radius 1 is 1.17 bits per heavy atom. The number of sulfonamides is 1. The molecule has 0 atom stereocenters. The van der Waals surface area contributed by atoms with Gasteiger partial charge in [0.15, 0.2) is 0 Å². The molecule has 2 heterocycles. The Morgan fingerprint density at radius 2 is 1.91 bits per heavy atom. The highest BCUT2D eigenvalue weighted by Gasteiger charge is 2.36. The first-order valence-electron chi connectivity index (χ1n) is 7.71. The van der Waals surface area contributed by atoms with Crippen LogP contribution >= 0.6 is 11.3 Å². The molecular formula is C17H21NO3S2. The fourth-order valence-electron chi connectivity index (χ4n) is 3.19. The second kappa shape index (κ2) is 6.73. The van der Waals surface area contributed by atoms with Gasteiger partial charge in [0.2, 0.25) is 10.0 Å². The van der Waals surface area contributed by atoms with E-state index in [4.69, 9.17) is 4.74 Å². The monoisotopic (exact) mass is 351 g/mol. The topological polar surface area (TPSA) is 55.4 Å². The summed E-state index contributed by atoms with van der Waals surface area (Å²) in [5, 5.41) is 1.78. The summed E-state index contributed by atoms with van der Waals surface area (Å²) in [4.78, 5) is 0. The maximum atomic E-state index is 12.5. The zero-order valence-corrected chi connectivity index (χ0v) is 14.8. The molecule has 0 bridgehead atoms. The summed E-state index contributed by atoms with van der Waals surface area (Å²) in [6.07, 6.45) is 1.65. The van der Waals surface area contributed by atoms with Gasteiger partial charge in [-0.1, -0.05) is 30.3 Å². The van der Waals surface area contributed by atoms with Crippen LogP contribution in [0.5, 0.6) is 0 Å². The van der Waals surface area contributed by atoms with Crippen molar-refractivity contribution in [3.63, 3.8) is 0 Å². The van der Waals surface area contributed by atoms with Crippen molar-refractivity contribution in [2.45, 2.75) is 29.4 Å². The summed E-state index contributed by atoms with van der Waals surface area (Å²) >= 11 is 1.24. The van der Waals surface area contributed by atoms with Crippen LogP contribution in [0.25, 0.3) is 0 Å². The minimum Gasteiger partial charge on any atom is -0.381 e. The standard InChI is InChI=1S/C17H21NO3S2/c1-14-5-2-3-6-15(14)17(8-10-21-11-9-17)13-18-23(19,20)16-7-4-12-22-16/h2-7,12,18H,8-11,13H2,1H3. The molecule has 0 aliphatic carbocycles. The summed E-state index contributed by atoms with van der Waals surface area (Å²) in [5.41, 5.74) is 2.22. The van der Waals surface area contributed by atoms with Gasteiger partial charge >= 0.3 is 0 Å². The van der Waals surface area contributed by atoms with Gasteiger partial charge in [-0.15, -0.1) is 11.3 Å². The van der Waals surface area contributed by atoms with Gasteiger partial charge in [0.05, 0.1) is 0 Å². The molecule has 4 nitrogen and oxygen atoms in total. The fraction of sp³-hybridized carbons (Fsp3) is 0.412. The van der Waals surface area contributed by atoms with Gasteiger partial charge in [0.1, 0.15) is 4.21 Å². The van der Waals surface area contributed by atoms with Gasteiger partial charge in [-0.2, -0.15) is 0 Å². The van der Waals surface area contributed by atoms with E-state index in [-0.39, 0.29) is 5.41 Å². The zero-order chi connectivity index (χ0) is 16.3. The van der Waals surface area contributed by atoms with Crippen LogP contribution in [0.3, 0.4) is 0 Å². The summed E-state index contributed by atoms with van der Waals surface area (Å²) in [6, 6.07) is 11.6. The highest BCUT2D eigenvalue weighted by Crippen LogP contribution is 2.36. The molecule has 1 aromatic carbocycles. The molecule has 1 aliphatic heterocycles. The lowest BCUT2D eigenvalue weighted by atomic mass is 9.73. The van der Waals surface area contributed by atoms with Gasteiger partial charge in [-0.25, -0.2) is 13.1 Å². The summed E-state index contributed by atoms with van der Waals surface area (Å²) < 4.78 is 33.6. The first kappa shape index (κ1) is 16.6. The molecule has 0 radical (unpaired) electrons. The van der Waals surface area contributed by atoms with Crippen molar-refractivity contribution in [2.24, 2.45) is 0 Å². The van der Waals surface area contributed by atoms with Gasteiger partial charge in [-0.3, -0.25) is 0 Å². The molecule has 6 heteroatoms. The predicted molar refractivity (Wildman–Crippen MR) is 92.4 cm³/mol.